The van der Waals surface area contributed by atoms with E-state index in [-0.39, 0.29) is 6.10 Å². The molecule has 4 heterocycles. The van der Waals surface area contributed by atoms with E-state index >= 15 is 0 Å². The molecule has 0 aromatic rings. The molecule has 2 atom stereocenters. The van der Waals surface area contributed by atoms with Gasteiger partial charge in [-0.15, -0.1) is 0 Å². The van der Waals surface area contributed by atoms with Crippen molar-refractivity contribution in [1.29, 1.82) is 0 Å². The lowest BCUT2D eigenvalue weighted by Gasteiger charge is -2.50. The van der Waals surface area contributed by atoms with Crippen molar-refractivity contribution in [2.24, 2.45) is 5.92 Å². The number of morpholine rings is 1. The summed E-state index contributed by atoms with van der Waals surface area (Å²) in [6.07, 6.45) is 2.30. The van der Waals surface area contributed by atoms with Gasteiger partial charge in [-0.05, 0) is 31.8 Å². The zero-order valence-electron chi connectivity index (χ0n) is 9.85. The van der Waals surface area contributed by atoms with Crippen LogP contribution in [0.25, 0.3) is 0 Å². The van der Waals surface area contributed by atoms with Gasteiger partial charge in [0.05, 0.1) is 19.3 Å². The molecule has 0 radical (unpaired) electrons. The number of aliphatic hydroxyl groups excluding tert-OH is 1. The highest BCUT2D eigenvalue weighted by atomic mass is 16.5. The number of hydrogen-bond acceptors (Lipinski definition) is 4. The highest BCUT2D eigenvalue weighted by Gasteiger charge is 2.41. The van der Waals surface area contributed by atoms with Gasteiger partial charge in [-0.3, -0.25) is 9.80 Å². The number of nitrogens with zero attached hydrogens (tertiary/aromatic N) is 2. The number of ether oxygens (including phenoxy) is 1. The molecule has 92 valence electrons. The third-order valence-corrected chi connectivity index (χ3v) is 4.47. The van der Waals surface area contributed by atoms with Gasteiger partial charge in [-0.2, -0.15) is 0 Å². The Balaban J connectivity index is 1.60. The molecule has 0 aromatic carbocycles. The van der Waals surface area contributed by atoms with E-state index in [1.54, 1.807) is 0 Å². The smallest absolute Gasteiger partial charge is 0.0736 e. The van der Waals surface area contributed by atoms with Crippen molar-refractivity contribution in [3.63, 3.8) is 0 Å². The van der Waals surface area contributed by atoms with Crippen LogP contribution < -0.4 is 0 Å². The molecule has 0 amide bonds. The number of rotatable bonds is 2. The van der Waals surface area contributed by atoms with Crippen LogP contribution in [0.3, 0.4) is 0 Å². The lowest BCUT2D eigenvalue weighted by atomic mass is 9.80. The number of piperidine rings is 3. The second-order valence-electron chi connectivity index (χ2n) is 5.34. The van der Waals surface area contributed by atoms with E-state index in [9.17, 15) is 5.11 Å². The van der Waals surface area contributed by atoms with E-state index in [2.05, 4.69) is 9.80 Å². The third kappa shape index (κ3) is 1.99. The minimum Gasteiger partial charge on any atom is -0.391 e. The second kappa shape index (κ2) is 4.61. The summed E-state index contributed by atoms with van der Waals surface area (Å²) < 4.78 is 5.36. The topological polar surface area (TPSA) is 35.9 Å². The molecule has 4 aliphatic rings. The molecule has 4 saturated heterocycles. The summed E-state index contributed by atoms with van der Waals surface area (Å²) in [7, 11) is 0. The highest BCUT2D eigenvalue weighted by molar-refractivity contribution is 4.96. The van der Waals surface area contributed by atoms with Crippen molar-refractivity contribution in [1.82, 2.24) is 9.80 Å². The fourth-order valence-corrected chi connectivity index (χ4v) is 3.39. The van der Waals surface area contributed by atoms with Crippen LogP contribution >= 0.6 is 0 Å². The molecular weight excluding hydrogens is 204 g/mol. The van der Waals surface area contributed by atoms with E-state index in [1.165, 1.54) is 25.9 Å². The maximum absolute atomic E-state index is 10.3. The predicted octanol–water partition coefficient (Wildman–Crippen LogP) is -0.226. The first-order valence-corrected chi connectivity index (χ1v) is 6.57. The maximum atomic E-state index is 10.3. The lowest BCUT2D eigenvalue weighted by molar-refractivity contribution is -0.0883. The lowest BCUT2D eigenvalue weighted by Crippen LogP contribution is -2.61. The molecule has 0 spiro atoms. The second-order valence-corrected chi connectivity index (χ2v) is 5.34. The molecule has 0 aliphatic carbocycles. The van der Waals surface area contributed by atoms with Crippen molar-refractivity contribution in [2.75, 3.05) is 45.9 Å². The van der Waals surface area contributed by atoms with Gasteiger partial charge in [0.2, 0.25) is 0 Å². The first-order valence-electron chi connectivity index (χ1n) is 6.57. The fourth-order valence-electron chi connectivity index (χ4n) is 3.39. The van der Waals surface area contributed by atoms with Crippen LogP contribution in [0.4, 0.5) is 0 Å². The van der Waals surface area contributed by atoms with Crippen molar-refractivity contribution in [2.45, 2.75) is 25.0 Å². The largest absolute Gasteiger partial charge is 0.391 e. The maximum Gasteiger partial charge on any atom is 0.0736 e. The van der Waals surface area contributed by atoms with Crippen LogP contribution in [-0.4, -0.2) is 73.0 Å². The van der Waals surface area contributed by atoms with Gasteiger partial charge >= 0.3 is 0 Å². The molecule has 4 fully saturated rings. The monoisotopic (exact) mass is 226 g/mol. The summed E-state index contributed by atoms with van der Waals surface area (Å²) in [5.74, 6) is 0.566. The number of hydrogen-bond donors (Lipinski definition) is 1. The van der Waals surface area contributed by atoms with Gasteiger partial charge in [0.15, 0.2) is 0 Å². The molecule has 0 saturated carbocycles. The van der Waals surface area contributed by atoms with Gasteiger partial charge in [-0.25, -0.2) is 0 Å². The van der Waals surface area contributed by atoms with Crippen LogP contribution in [0.1, 0.15) is 12.8 Å². The SMILES string of the molecule is OC1C2CCN(CC2)C1CN1CCOCC1. The molecule has 2 unspecified atom stereocenters. The van der Waals surface area contributed by atoms with E-state index in [4.69, 9.17) is 4.74 Å². The first-order chi connectivity index (χ1) is 7.84. The molecule has 0 aromatic heterocycles. The van der Waals surface area contributed by atoms with Crippen LogP contribution in [0, 0.1) is 5.92 Å². The van der Waals surface area contributed by atoms with Gasteiger partial charge in [-0.1, -0.05) is 0 Å². The zero-order chi connectivity index (χ0) is 11.0. The molecule has 4 rings (SSSR count). The summed E-state index contributed by atoms with van der Waals surface area (Å²) in [5, 5.41) is 10.3. The Labute approximate surface area is 97.2 Å². The molecule has 4 aliphatic heterocycles. The van der Waals surface area contributed by atoms with Crippen LogP contribution in [0.15, 0.2) is 0 Å². The summed E-state index contributed by atoms with van der Waals surface area (Å²) >= 11 is 0. The average molecular weight is 226 g/mol. The average Bonchev–Trinajstić information content (AvgIpc) is 2.36. The summed E-state index contributed by atoms with van der Waals surface area (Å²) in [6.45, 7) is 7.18. The van der Waals surface area contributed by atoms with Gasteiger partial charge in [0, 0.05) is 25.7 Å². The van der Waals surface area contributed by atoms with Crippen molar-refractivity contribution >= 4 is 0 Å². The van der Waals surface area contributed by atoms with Crippen molar-refractivity contribution in [3.05, 3.63) is 0 Å². The third-order valence-electron chi connectivity index (χ3n) is 4.47. The standard InChI is InChI=1S/C12H22N2O2/c15-12-10-1-3-14(4-2-10)11(12)9-13-5-7-16-8-6-13/h10-12,15H,1-9H2. The molecular formula is C12H22N2O2. The number of aliphatic hydroxyl groups is 1. The van der Waals surface area contributed by atoms with E-state index in [0.29, 0.717) is 12.0 Å². The minimum absolute atomic E-state index is 0.0923. The summed E-state index contributed by atoms with van der Waals surface area (Å²) in [6, 6.07) is 0.380. The Kier molecular flexibility index (Phi) is 3.16. The Morgan fingerprint density at radius 1 is 1.06 bits per heavy atom. The Morgan fingerprint density at radius 3 is 2.38 bits per heavy atom. The first kappa shape index (κ1) is 11.0. The van der Waals surface area contributed by atoms with Gasteiger partial charge in [0.25, 0.3) is 0 Å². The quantitative estimate of drug-likeness (QED) is 0.706. The highest BCUT2D eigenvalue weighted by Crippen LogP contribution is 2.32. The van der Waals surface area contributed by atoms with Gasteiger partial charge < -0.3 is 9.84 Å². The van der Waals surface area contributed by atoms with Crippen LogP contribution in [0.5, 0.6) is 0 Å². The van der Waals surface area contributed by atoms with Crippen molar-refractivity contribution in [3.8, 4) is 0 Å². The Hall–Kier alpha value is -0.160. The molecule has 4 nitrogen and oxygen atoms in total. The molecule has 2 bridgehead atoms. The minimum atomic E-state index is -0.0923. The van der Waals surface area contributed by atoms with Gasteiger partial charge in [0.1, 0.15) is 0 Å². The van der Waals surface area contributed by atoms with Crippen LogP contribution in [0.2, 0.25) is 0 Å². The zero-order valence-corrected chi connectivity index (χ0v) is 9.85. The number of fused-ring (bicyclic) bond motifs is 3. The fraction of sp³-hybridized carbons (Fsp3) is 1.00. The predicted molar refractivity (Wildman–Crippen MR) is 61.4 cm³/mol. The van der Waals surface area contributed by atoms with Crippen molar-refractivity contribution < 1.29 is 9.84 Å². The molecule has 4 heteroatoms. The Morgan fingerprint density at radius 2 is 1.75 bits per heavy atom. The van der Waals surface area contributed by atoms with E-state index < -0.39 is 0 Å². The normalized spacial score (nSPS) is 44.8. The summed E-state index contributed by atoms with van der Waals surface area (Å²) in [5.41, 5.74) is 0. The molecule has 16 heavy (non-hydrogen) atoms. The Bertz CT molecular complexity index is 233. The summed E-state index contributed by atoms with van der Waals surface area (Å²) in [4.78, 5) is 4.93. The van der Waals surface area contributed by atoms with Crippen LogP contribution in [-0.2, 0) is 4.74 Å². The molecule has 1 N–H and O–H groups in total. The van der Waals surface area contributed by atoms with E-state index in [1.807, 2.05) is 0 Å². The van der Waals surface area contributed by atoms with E-state index in [0.717, 1.165) is 32.8 Å².